The molecule has 3 rings (SSSR count). The second kappa shape index (κ2) is 6.70. The third-order valence-corrected chi connectivity index (χ3v) is 4.49. The SMILES string of the molecule is Cn1ccnc1CN1CCN(C[C@@H]2CCCCO2)CC1. The normalized spacial score (nSPS) is 25.9. The van der Waals surface area contributed by atoms with E-state index in [1.807, 2.05) is 12.4 Å². The Kier molecular flexibility index (Phi) is 4.70. The van der Waals surface area contributed by atoms with E-state index < -0.39 is 0 Å². The van der Waals surface area contributed by atoms with Crippen LogP contribution in [-0.2, 0) is 18.3 Å². The highest BCUT2D eigenvalue weighted by molar-refractivity contribution is 4.91. The van der Waals surface area contributed by atoms with Crippen LogP contribution in [0.1, 0.15) is 25.1 Å². The van der Waals surface area contributed by atoms with E-state index in [1.54, 1.807) is 0 Å². The minimum Gasteiger partial charge on any atom is -0.377 e. The zero-order chi connectivity index (χ0) is 13.8. The molecule has 3 heterocycles. The van der Waals surface area contributed by atoms with Gasteiger partial charge in [0.15, 0.2) is 0 Å². The van der Waals surface area contributed by atoms with Crippen LogP contribution in [0.5, 0.6) is 0 Å². The minimum absolute atomic E-state index is 0.477. The largest absolute Gasteiger partial charge is 0.377 e. The van der Waals surface area contributed by atoms with Crippen molar-refractivity contribution in [3.8, 4) is 0 Å². The summed E-state index contributed by atoms with van der Waals surface area (Å²) in [6.45, 7) is 7.64. The van der Waals surface area contributed by atoms with E-state index >= 15 is 0 Å². The molecule has 0 radical (unpaired) electrons. The van der Waals surface area contributed by atoms with Crippen LogP contribution in [-0.4, -0.2) is 64.8 Å². The maximum Gasteiger partial charge on any atom is 0.122 e. The first-order valence-electron chi connectivity index (χ1n) is 7.84. The van der Waals surface area contributed by atoms with Crippen LogP contribution >= 0.6 is 0 Å². The van der Waals surface area contributed by atoms with Crippen LogP contribution in [0, 0.1) is 0 Å². The lowest BCUT2D eigenvalue weighted by atomic mass is 10.1. The van der Waals surface area contributed by atoms with E-state index in [0.717, 1.165) is 51.7 Å². The predicted molar refractivity (Wildman–Crippen MR) is 78.5 cm³/mol. The number of ether oxygens (including phenoxy) is 1. The molecule has 2 aliphatic rings. The molecule has 0 amide bonds. The van der Waals surface area contributed by atoms with Gasteiger partial charge in [-0.1, -0.05) is 0 Å². The van der Waals surface area contributed by atoms with Crippen molar-refractivity contribution in [2.45, 2.75) is 31.9 Å². The standard InChI is InChI=1S/C15H26N4O/c1-17-6-5-16-15(17)13-19-9-7-18(8-10-19)12-14-4-2-3-11-20-14/h5-6,14H,2-4,7-13H2,1H3/t14-/m0/s1. The molecule has 0 spiro atoms. The summed E-state index contributed by atoms with van der Waals surface area (Å²) in [6, 6.07) is 0. The maximum atomic E-state index is 5.84. The molecule has 0 aliphatic carbocycles. The van der Waals surface area contributed by atoms with Gasteiger partial charge >= 0.3 is 0 Å². The van der Waals surface area contributed by atoms with Gasteiger partial charge in [0.2, 0.25) is 0 Å². The van der Waals surface area contributed by atoms with E-state index in [4.69, 9.17) is 4.74 Å². The average Bonchev–Trinajstić information content (AvgIpc) is 2.88. The van der Waals surface area contributed by atoms with Gasteiger partial charge in [0.1, 0.15) is 5.82 Å². The highest BCUT2D eigenvalue weighted by atomic mass is 16.5. The van der Waals surface area contributed by atoms with Crippen molar-refractivity contribution in [1.82, 2.24) is 19.4 Å². The molecule has 2 aliphatic heterocycles. The highest BCUT2D eigenvalue weighted by Gasteiger charge is 2.22. The Labute approximate surface area is 121 Å². The Morgan fingerprint density at radius 2 is 2.00 bits per heavy atom. The lowest BCUT2D eigenvalue weighted by Gasteiger charge is -2.37. The van der Waals surface area contributed by atoms with E-state index in [1.165, 1.54) is 19.3 Å². The van der Waals surface area contributed by atoms with Gasteiger partial charge < -0.3 is 9.30 Å². The fourth-order valence-electron chi connectivity index (χ4n) is 3.12. The Bertz CT molecular complexity index is 406. The van der Waals surface area contributed by atoms with Crippen molar-refractivity contribution in [2.24, 2.45) is 7.05 Å². The first-order chi connectivity index (χ1) is 9.81. The van der Waals surface area contributed by atoms with E-state index in [0.29, 0.717) is 6.10 Å². The lowest BCUT2D eigenvalue weighted by Crippen LogP contribution is -2.49. The Hall–Kier alpha value is -0.910. The molecule has 0 N–H and O–H groups in total. The van der Waals surface area contributed by atoms with E-state index in [-0.39, 0.29) is 0 Å². The Morgan fingerprint density at radius 1 is 1.20 bits per heavy atom. The average molecular weight is 278 g/mol. The molecule has 5 heteroatoms. The summed E-state index contributed by atoms with van der Waals surface area (Å²) in [6.07, 6.45) is 8.20. The van der Waals surface area contributed by atoms with E-state index in [9.17, 15) is 0 Å². The number of hydrogen-bond acceptors (Lipinski definition) is 4. The zero-order valence-electron chi connectivity index (χ0n) is 12.5. The molecule has 20 heavy (non-hydrogen) atoms. The molecule has 0 saturated carbocycles. The molecule has 0 aromatic carbocycles. The van der Waals surface area contributed by atoms with Gasteiger partial charge in [-0.2, -0.15) is 0 Å². The third kappa shape index (κ3) is 3.59. The summed E-state index contributed by atoms with van der Waals surface area (Å²) >= 11 is 0. The van der Waals surface area contributed by atoms with Crippen LogP contribution in [0.3, 0.4) is 0 Å². The number of piperazine rings is 1. The van der Waals surface area contributed by atoms with Gasteiger partial charge in [0, 0.05) is 58.8 Å². The quantitative estimate of drug-likeness (QED) is 0.826. The smallest absolute Gasteiger partial charge is 0.122 e. The van der Waals surface area contributed by atoms with Crippen molar-refractivity contribution in [1.29, 1.82) is 0 Å². The van der Waals surface area contributed by atoms with Gasteiger partial charge in [-0.15, -0.1) is 0 Å². The first-order valence-corrected chi connectivity index (χ1v) is 7.84. The fraction of sp³-hybridized carbons (Fsp3) is 0.800. The molecule has 1 aromatic heterocycles. The monoisotopic (exact) mass is 278 g/mol. The zero-order valence-corrected chi connectivity index (χ0v) is 12.5. The predicted octanol–water partition coefficient (Wildman–Crippen LogP) is 1.11. The summed E-state index contributed by atoms with van der Waals surface area (Å²) in [5.41, 5.74) is 0. The summed E-state index contributed by atoms with van der Waals surface area (Å²) in [5.74, 6) is 1.16. The maximum absolute atomic E-state index is 5.84. The summed E-state index contributed by atoms with van der Waals surface area (Å²) in [7, 11) is 2.07. The number of aromatic nitrogens is 2. The Morgan fingerprint density at radius 3 is 2.65 bits per heavy atom. The second-order valence-electron chi connectivity index (χ2n) is 6.02. The number of aryl methyl sites for hydroxylation is 1. The van der Waals surface area contributed by atoms with Crippen molar-refractivity contribution < 1.29 is 4.74 Å². The molecule has 2 fully saturated rings. The molecule has 112 valence electrons. The molecule has 2 saturated heterocycles. The minimum atomic E-state index is 0.477. The number of imidazole rings is 1. The molecule has 1 atom stereocenters. The molecule has 5 nitrogen and oxygen atoms in total. The number of nitrogens with zero attached hydrogens (tertiary/aromatic N) is 4. The van der Waals surface area contributed by atoms with Crippen molar-refractivity contribution >= 4 is 0 Å². The van der Waals surface area contributed by atoms with Gasteiger partial charge in [0.05, 0.1) is 12.6 Å². The summed E-state index contributed by atoms with van der Waals surface area (Å²) in [5, 5.41) is 0. The molecule has 0 bridgehead atoms. The fourth-order valence-corrected chi connectivity index (χ4v) is 3.12. The second-order valence-corrected chi connectivity index (χ2v) is 6.02. The topological polar surface area (TPSA) is 33.5 Å². The van der Waals surface area contributed by atoms with Crippen LogP contribution in [0.2, 0.25) is 0 Å². The molecular formula is C15H26N4O. The van der Waals surface area contributed by atoms with Gasteiger partial charge in [-0.05, 0) is 19.3 Å². The summed E-state index contributed by atoms with van der Waals surface area (Å²) < 4.78 is 7.95. The van der Waals surface area contributed by atoms with Gasteiger partial charge in [-0.3, -0.25) is 9.80 Å². The lowest BCUT2D eigenvalue weighted by molar-refractivity contribution is -0.0147. The van der Waals surface area contributed by atoms with Crippen LogP contribution in [0.4, 0.5) is 0 Å². The summed E-state index contributed by atoms with van der Waals surface area (Å²) in [4.78, 5) is 9.47. The molecule has 0 unspecified atom stereocenters. The van der Waals surface area contributed by atoms with Crippen molar-refractivity contribution in [3.05, 3.63) is 18.2 Å². The third-order valence-electron chi connectivity index (χ3n) is 4.49. The highest BCUT2D eigenvalue weighted by Crippen LogP contribution is 2.15. The number of rotatable bonds is 4. The number of hydrogen-bond donors (Lipinski definition) is 0. The van der Waals surface area contributed by atoms with Crippen molar-refractivity contribution in [2.75, 3.05) is 39.3 Å². The van der Waals surface area contributed by atoms with Crippen molar-refractivity contribution in [3.63, 3.8) is 0 Å². The van der Waals surface area contributed by atoms with Crippen LogP contribution in [0.15, 0.2) is 12.4 Å². The first kappa shape index (κ1) is 14.0. The van der Waals surface area contributed by atoms with Crippen LogP contribution in [0.25, 0.3) is 0 Å². The van der Waals surface area contributed by atoms with E-state index in [2.05, 4.69) is 26.4 Å². The van der Waals surface area contributed by atoms with Crippen LogP contribution < -0.4 is 0 Å². The molecular weight excluding hydrogens is 252 g/mol. The molecule has 1 aromatic rings. The van der Waals surface area contributed by atoms with Gasteiger partial charge in [-0.25, -0.2) is 4.98 Å². The van der Waals surface area contributed by atoms with Gasteiger partial charge in [0.25, 0.3) is 0 Å². The Balaban J connectivity index is 1.41.